The van der Waals surface area contributed by atoms with E-state index in [9.17, 15) is 10.1 Å². The Morgan fingerprint density at radius 2 is 1.78 bits per heavy atom. The van der Waals surface area contributed by atoms with Crippen molar-refractivity contribution in [3.05, 3.63) is 46.5 Å². The maximum absolute atomic E-state index is 12.9. The first-order chi connectivity index (χ1) is 15.2. The Labute approximate surface area is 187 Å². The van der Waals surface area contributed by atoms with Gasteiger partial charge >= 0.3 is 5.69 Å². The molecule has 3 aliphatic rings. The minimum atomic E-state index is -0.0191. The lowest BCUT2D eigenvalue weighted by atomic mass is 9.90. The van der Waals surface area contributed by atoms with Gasteiger partial charge in [-0.15, -0.1) is 0 Å². The number of nitriles is 1. The van der Waals surface area contributed by atoms with Crippen LogP contribution in [0.4, 0.5) is 11.6 Å². The van der Waals surface area contributed by atoms with Gasteiger partial charge in [-0.1, -0.05) is 20.8 Å². The Bertz CT molecular complexity index is 1280. The summed E-state index contributed by atoms with van der Waals surface area (Å²) in [5.74, 6) is 1.80. The number of anilines is 2. The number of nitrogens with zero attached hydrogens (tertiary/aromatic N) is 7. The molecule has 2 unspecified atom stereocenters. The average molecular weight is 432 g/mol. The molecule has 8 heteroatoms. The highest BCUT2D eigenvalue weighted by molar-refractivity contribution is 5.74. The molecule has 166 valence electrons. The SMILES string of the molecule is Cn1c(=O)n(CC(C)(C)C)c2ccc(N3CC4CCC3CN4c3cc(C#N)ccn3)nc21. The molecule has 6 rings (SSSR count). The summed E-state index contributed by atoms with van der Waals surface area (Å²) < 4.78 is 3.50. The molecule has 0 spiro atoms. The highest BCUT2D eigenvalue weighted by Crippen LogP contribution is 2.35. The first kappa shape index (κ1) is 20.6. The van der Waals surface area contributed by atoms with Crippen molar-refractivity contribution in [2.24, 2.45) is 12.5 Å². The van der Waals surface area contributed by atoms with E-state index in [1.54, 1.807) is 23.9 Å². The number of imidazole rings is 1. The van der Waals surface area contributed by atoms with Crippen LogP contribution >= 0.6 is 0 Å². The molecule has 3 aromatic rings. The third-order valence-corrected chi connectivity index (χ3v) is 6.59. The van der Waals surface area contributed by atoms with Gasteiger partial charge in [-0.05, 0) is 42.5 Å². The molecular weight excluding hydrogens is 402 g/mol. The van der Waals surface area contributed by atoms with Gasteiger partial charge in [-0.2, -0.15) is 5.26 Å². The Morgan fingerprint density at radius 1 is 1.09 bits per heavy atom. The zero-order valence-electron chi connectivity index (χ0n) is 19.1. The third-order valence-electron chi connectivity index (χ3n) is 6.59. The molecular formula is C24H29N7O. The van der Waals surface area contributed by atoms with Crippen LogP contribution in [-0.2, 0) is 13.6 Å². The van der Waals surface area contributed by atoms with E-state index in [0.29, 0.717) is 24.2 Å². The molecule has 2 bridgehead atoms. The molecule has 6 heterocycles. The largest absolute Gasteiger partial charge is 0.350 e. The Morgan fingerprint density at radius 3 is 2.41 bits per heavy atom. The lowest BCUT2D eigenvalue weighted by molar-refractivity contribution is 0.330. The normalized spacial score (nSPS) is 20.7. The lowest BCUT2D eigenvalue weighted by Crippen LogP contribution is -2.63. The molecule has 3 aliphatic heterocycles. The van der Waals surface area contributed by atoms with E-state index in [0.717, 1.165) is 48.7 Å². The standard InChI is InChI=1S/C24H29N7O/c1-24(2,3)15-31-19-7-8-20(27-22(19)28(4)23(31)32)29-13-18-6-5-17(29)14-30(18)21-11-16(12-25)9-10-26-21/h7-11,17-18H,5-6,13-15H2,1-4H3. The molecule has 3 saturated heterocycles. The number of rotatable bonds is 3. The van der Waals surface area contributed by atoms with Crippen LogP contribution in [0.15, 0.2) is 35.3 Å². The molecule has 3 aromatic heterocycles. The first-order valence-electron chi connectivity index (χ1n) is 11.2. The third kappa shape index (κ3) is 3.42. The van der Waals surface area contributed by atoms with Crippen molar-refractivity contribution < 1.29 is 0 Å². The minimum Gasteiger partial charge on any atom is -0.350 e. The van der Waals surface area contributed by atoms with Crippen molar-refractivity contribution >= 4 is 22.8 Å². The van der Waals surface area contributed by atoms with Gasteiger partial charge in [-0.25, -0.2) is 14.8 Å². The van der Waals surface area contributed by atoms with Gasteiger partial charge in [0.05, 0.1) is 17.1 Å². The van der Waals surface area contributed by atoms with Gasteiger partial charge in [0, 0.05) is 45.0 Å². The summed E-state index contributed by atoms with van der Waals surface area (Å²) in [6.07, 6.45) is 3.91. The molecule has 0 aliphatic carbocycles. The topological polar surface area (TPSA) is 83.0 Å². The zero-order valence-corrected chi connectivity index (χ0v) is 19.1. The second-order valence-electron chi connectivity index (χ2n) is 10.2. The van der Waals surface area contributed by atoms with E-state index < -0.39 is 0 Å². The summed E-state index contributed by atoms with van der Waals surface area (Å²) in [5.41, 5.74) is 2.25. The first-order valence-corrected chi connectivity index (χ1v) is 11.2. The van der Waals surface area contributed by atoms with Gasteiger partial charge in [0.15, 0.2) is 5.65 Å². The highest BCUT2D eigenvalue weighted by Gasteiger charge is 2.40. The van der Waals surface area contributed by atoms with Crippen LogP contribution in [0.25, 0.3) is 11.2 Å². The van der Waals surface area contributed by atoms with Crippen LogP contribution in [-0.4, -0.2) is 44.3 Å². The predicted molar refractivity (Wildman–Crippen MR) is 125 cm³/mol. The van der Waals surface area contributed by atoms with Crippen molar-refractivity contribution in [3.8, 4) is 6.07 Å². The number of pyridine rings is 2. The Hall–Kier alpha value is -3.34. The quantitative estimate of drug-likeness (QED) is 0.634. The summed E-state index contributed by atoms with van der Waals surface area (Å²) >= 11 is 0. The van der Waals surface area contributed by atoms with E-state index in [-0.39, 0.29) is 11.1 Å². The number of aromatic nitrogens is 4. The molecule has 0 aromatic carbocycles. The van der Waals surface area contributed by atoms with Crippen molar-refractivity contribution in [2.45, 2.75) is 52.2 Å². The number of hydrogen-bond acceptors (Lipinski definition) is 6. The van der Waals surface area contributed by atoms with E-state index in [4.69, 9.17) is 4.98 Å². The molecule has 0 saturated carbocycles. The summed E-state index contributed by atoms with van der Waals surface area (Å²) in [4.78, 5) is 27.0. The van der Waals surface area contributed by atoms with Gasteiger partial charge in [0.2, 0.25) is 0 Å². The summed E-state index contributed by atoms with van der Waals surface area (Å²) in [7, 11) is 1.80. The van der Waals surface area contributed by atoms with E-state index in [1.807, 2.05) is 16.7 Å². The van der Waals surface area contributed by atoms with E-state index in [1.165, 1.54) is 0 Å². The van der Waals surface area contributed by atoms with Crippen molar-refractivity contribution in [1.29, 1.82) is 5.26 Å². The Balaban J connectivity index is 1.45. The number of aryl methyl sites for hydroxylation is 1. The maximum Gasteiger partial charge on any atom is 0.330 e. The fourth-order valence-corrected chi connectivity index (χ4v) is 5.08. The second kappa shape index (κ2) is 7.37. The second-order valence-corrected chi connectivity index (χ2v) is 10.2. The predicted octanol–water partition coefficient (Wildman–Crippen LogP) is 2.91. The molecule has 2 atom stereocenters. The summed E-state index contributed by atoms with van der Waals surface area (Å²) in [6, 6.07) is 10.6. The van der Waals surface area contributed by atoms with Crippen molar-refractivity contribution in [2.75, 3.05) is 22.9 Å². The fourth-order valence-electron chi connectivity index (χ4n) is 5.08. The summed E-state index contributed by atoms with van der Waals surface area (Å²) in [5, 5.41) is 9.24. The average Bonchev–Trinajstić information content (AvgIpc) is 3.02. The number of piperidine rings is 2. The van der Waals surface area contributed by atoms with Crippen molar-refractivity contribution in [1.82, 2.24) is 19.1 Å². The molecule has 8 nitrogen and oxygen atoms in total. The van der Waals surface area contributed by atoms with Gasteiger partial charge in [0.25, 0.3) is 0 Å². The highest BCUT2D eigenvalue weighted by atomic mass is 16.1. The van der Waals surface area contributed by atoms with Crippen LogP contribution in [0.2, 0.25) is 0 Å². The van der Waals surface area contributed by atoms with Gasteiger partial charge in [0.1, 0.15) is 11.6 Å². The van der Waals surface area contributed by atoms with Gasteiger partial charge < -0.3 is 9.80 Å². The number of hydrogen-bond donors (Lipinski definition) is 0. The summed E-state index contributed by atoms with van der Waals surface area (Å²) in [6.45, 7) is 8.78. The number of piperazine rings is 1. The monoisotopic (exact) mass is 431 g/mol. The molecule has 32 heavy (non-hydrogen) atoms. The van der Waals surface area contributed by atoms with Crippen LogP contribution in [0.5, 0.6) is 0 Å². The van der Waals surface area contributed by atoms with E-state index >= 15 is 0 Å². The maximum atomic E-state index is 12.9. The minimum absolute atomic E-state index is 0.00312. The lowest BCUT2D eigenvalue weighted by Gasteiger charge is -2.52. The molecule has 0 amide bonds. The molecule has 3 fully saturated rings. The van der Waals surface area contributed by atoms with Crippen LogP contribution < -0.4 is 15.5 Å². The zero-order chi connectivity index (χ0) is 22.6. The molecule has 0 radical (unpaired) electrons. The van der Waals surface area contributed by atoms with Crippen LogP contribution in [0.1, 0.15) is 39.2 Å². The smallest absolute Gasteiger partial charge is 0.330 e. The fraction of sp³-hybridized carbons (Fsp3) is 0.500. The number of fused-ring (bicyclic) bond motifs is 4. The molecule has 0 N–H and O–H groups in total. The van der Waals surface area contributed by atoms with Gasteiger partial charge in [-0.3, -0.25) is 9.13 Å². The van der Waals surface area contributed by atoms with E-state index in [2.05, 4.69) is 47.7 Å². The van der Waals surface area contributed by atoms with Crippen molar-refractivity contribution in [3.63, 3.8) is 0 Å². The van der Waals surface area contributed by atoms with Crippen LogP contribution in [0, 0.1) is 16.7 Å². The van der Waals surface area contributed by atoms with Crippen LogP contribution in [0.3, 0.4) is 0 Å². The Kier molecular flexibility index (Phi) is 4.73.